The molecule has 1 aliphatic carbocycles. The van der Waals surface area contributed by atoms with E-state index in [1.54, 1.807) is 0 Å². The molecule has 8 heteroatoms. The molecular formula is C52H56N4O4. The second-order valence-corrected chi connectivity index (χ2v) is 15.1. The molecule has 8 bridgehead atoms. The van der Waals surface area contributed by atoms with E-state index in [2.05, 4.69) is 98.6 Å². The third-order valence-corrected chi connectivity index (χ3v) is 10.3. The van der Waals surface area contributed by atoms with E-state index < -0.39 is 0 Å². The van der Waals surface area contributed by atoms with Gasteiger partial charge in [-0.1, -0.05) is 113 Å². The van der Waals surface area contributed by atoms with Gasteiger partial charge in [0.2, 0.25) is 0 Å². The molecule has 0 fully saturated rings. The molecular weight excluding hydrogens is 745 g/mol. The van der Waals surface area contributed by atoms with E-state index in [9.17, 15) is 0 Å². The Kier molecular flexibility index (Phi) is 14.7. The molecule has 0 amide bonds. The van der Waals surface area contributed by atoms with Crippen molar-refractivity contribution in [3.63, 3.8) is 0 Å². The first kappa shape index (κ1) is 41.9. The second kappa shape index (κ2) is 21.1. The second-order valence-electron chi connectivity index (χ2n) is 15.1. The van der Waals surface area contributed by atoms with E-state index in [4.69, 9.17) is 29.2 Å². The number of nitrogens with zero attached hydrogens (tertiary/aromatic N) is 4. The van der Waals surface area contributed by atoms with Crippen molar-refractivity contribution in [3.05, 3.63) is 166 Å². The van der Waals surface area contributed by atoms with Crippen molar-refractivity contribution in [2.75, 3.05) is 26.4 Å². The number of hydrogen-bond donors (Lipinski definition) is 0. The highest BCUT2D eigenvalue weighted by Crippen LogP contribution is 2.44. The molecule has 1 aliphatic rings. The highest BCUT2D eigenvalue weighted by atomic mass is 16.5. The monoisotopic (exact) mass is 800 g/mol. The fourth-order valence-electron chi connectivity index (χ4n) is 7.52. The molecule has 60 heavy (non-hydrogen) atoms. The van der Waals surface area contributed by atoms with Gasteiger partial charge in [0.1, 0.15) is 23.0 Å². The van der Waals surface area contributed by atoms with Crippen LogP contribution < -0.4 is 18.9 Å². The van der Waals surface area contributed by atoms with Gasteiger partial charge in [-0.15, -0.1) is 0 Å². The first-order chi connectivity index (χ1) is 29.6. The van der Waals surface area contributed by atoms with Gasteiger partial charge in [-0.3, -0.25) is 0 Å². The SMILES string of the molecule is CCCOc1c2cccc1Cc1c(N=Nc3ccccc3)ccc(c1OCCC)Cc1cccc(c1OCCC)Cc1c(N=Nc3ccccc3)ccc(c1OCCC)C2. The Morgan fingerprint density at radius 2 is 0.667 bits per heavy atom. The van der Waals surface area contributed by atoms with Gasteiger partial charge in [-0.05, 0) is 95.5 Å². The summed E-state index contributed by atoms with van der Waals surface area (Å²) in [6.45, 7) is 10.9. The molecule has 0 N–H and O–H groups in total. The number of benzene rings is 6. The number of fused-ring (bicyclic) bond motifs is 8. The van der Waals surface area contributed by atoms with Crippen LogP contribution in [-0.2, 0) is 25.7 Å². The van der Waals surface area contributed by atoms with Crippen molar-refractivity contribution in [2.45, 2.75) is 79.1 Å². The lowest BCUT2D eigenvalue weighted by Crippen LogP contribution is -2.10. The summed E-state index contributed by atoms with van der Waals surface area (Å²) >= 11 is 0. The smallest absolute Gasteiger partial charge is 0.128 e. The third kappa shape index (κ3) is 10.3. The van der Waals surface area contributed by atoms with Gasteiger partial charge in [0.05, 0.1) is 49.2 Å². The van der Waals surface area contributed by atoms with E-state index >= 15 is 0 Å². The summed E-state index contributed by atoms with van der Waals surface area (Å²) in [4.78, 5) is 0. The normalized spacial score (nSPS) is 12.5. The van der Waals surface area contributed by atoms with Crippen LogP contribution in [0.15, 0.2) is 142 Å². The maximum Gasteiger partial charge on any atom is 0.128 e. The minimum atomic E-state index is 0.533. The lowest BCUT2D eigenvalue weighted by molar-refractivity contribution is 0.305. The summed E-state index contributed by atoms with van der Waals surface area (Å²) in [7, 11) is 0. The number of ether oxygens (including phenoxy) is 4. The summed E-state index contributed by atoms with van der Waals surface area (Å²) in [6, 6.07) is 41.1. The van der Waals surface area contributed by atoms with E-state index in [-0.39, 0.29) is 0 Å². The van der Waals surface area contributed by atoms with E-state index in [1.165, 1.54) is 0 Å². The summed E-state index contributed by atoms with van der Waals surface area (Å²) in [6.07, 6.45) is 5.72. The molecule has 0 aliphatic heterocycles. The molecule has 7 rings (SSSR count). The molecule has 8 nitrogen and oxygen atoms in total. The van der Waals surface area contributed by atoms with Crippen LogP contribution in [-0.4, -0.2) is 26.4 Å². The van der Waals surface area contributed by atoms with Crippen LogP contribution >= 0.6 is 0 Å². The first-order valence-electron chi connectivity index (χ1n) is 21.6. The Morgan fingerprint density at radius 3 is 1.03 bits per heavy atom. The molecule has 6 aromatic carbocycles. The molecule has 0 radical (unpaired) electrons. The van der Waals surface area contributed by atoms with Crippen LogP contribution in [0.25, 0.3) is 0 Å². The standard InChI is InChI=1S/C52H56N4O4/c1-5-29-57-49-37-17-15-19-39(49)35-45-47(55-53-43-21-11-9-12-22-43)28-26-42(52(45)60-32-8-4)34-38-18-16-20-40(50(38)58-30-6-2)36-46-48(56-54-44-23-13-10-14-24-44)27-25-41(33-37)51(46)59-31-7-3/h9-28H,5-8,29-36H2,1-4H3. The van der Waals surface area contributed by atoms with Crippen LogP contribution in [0.5, 0.6) is 23.0 Å². The molecule has 0 saturated carbocycles. The van der Waals surface area contributed by atoms with Crippen molar-refractivity contribution in [3.8, 4) is 23.0 Å². The van der Waals surface area contributed by atoms with E-state index in [0.717, 1.165) is 116 Å². The molecule has 0 saturated heterocycles. The van der Waals surface area contributed by atoms with Gasteiger partial charge in [0.15, 0.2) is 0 Å². The lowest BCUT2D eigenvalue weighted by Gasteiger charge is -2.23. The summed E-state index contributed by atoms with van der Waals surface area (Å²) in [5, 5.41) is 19.1. The third-order valence-electron chi connectivity index (χ3n) is 10.3. The quantitative estimate of drug-likeness (QED) is 0.0911. The van der Waals surface area contributed by atoms with Crippen molar-refractivity contribution in [1.82, 2.24) is 0 Å². The molecule has 0 atom stereocenters. The summed E-state index contributed by atoms with van der Waals surface area (Å²) in [5.41, 5.74) is 11.4. The summed E-state index contributed by atoms with van der Waals surface area (Å²) in [5.74, 6) is 3.41. The molecule has 6 aromatic rings. The molecule has 0 aromatic heterocycles. The Balaban J connectivity index is 1.49. The largest absolute Gasteiger partial charge is 0.493 e. The van der Waals surface area contributed by atoms with Crippen LogP contribution in [0.3, 0.4) is 0 Å². The van der Waals surface area contributed by atoms with Crippen LogP contribution in [0.4, 0.5) is 22.7 Å². The number of azo groups is 2. The maximum absolute atomic E-state index is 6.79. The lowest BCUT2D eigenvalue weighted by atomic mass is 9.90. The van der Waals surface area contributed by atoms with Crippen molar-refractivity contribution < 1.29 is 18.9 Å². The zero-order valence-corrected chi connectivity index (χ0v) is 35.5. The van der Waals surface area contributed by atoms with Crippen LogP contribution in [0.2, 0.25) is 0 Å². The molecule has 0 unspecified atom stereocenters. The predicted octanol–water partition coefficient (Wildman–Crippen LogP) is 14.3. The van der Waals surface area contributed by atoms with Crippen molar-refractivity contribution in [2.24, 2.45) is 20.5 Å². The van der Waals surface area contributed by atoms with Gasteiger partial charge in [-0.25, -0.2) is 0 Å². The number of para-hydroxylation sites is 2. The van der Waals surface area contributed by atoms with Crippen LogP contribution in [0.1, 0.15) is 97.9 Å². The van der Waals surface area contributed by atoms with Gasteiger partial charge in [-0.2, -0.15) is 20.5 Å². The molecule has 0 heterocycles. The zero-order valence-electron chi connectivity index (χ0n) is 35.5. The van der Waals surface area contributed by atoms with E-state index in [0.29, 0.717) is 52.1 Å². The average Bonchev–Trinajstić information content (AvgIpc) is 3.28. The minimum absolute atomic E-state index is 0.533. The Hall–Kier alpha value is -6.28. The molecule has 0 spiro atoms. The van der Waals surface area contributed by atoms with E-state index in [1.807, 2.05) is 60.7 Å². The first-order valence-corrected chi connectivity index (χ1v) is 21.6. The average molecular weight is 801 g/mol. The van der Waals surface area contributed by atoms with Crippen LogP contribution in [0, 0.1) is 0 Å². The number of hydrogen-bond acceptors (Lipinski definition) is 8. The maximum atomic E-state index is 6.79. The fraction of sp³-hybridized carbons (Fsp3) is 0.308. The number of rotatable bonds is 16. The topological polar surface area (TPSA) is 86.4 Å². The minimum Gasteiger partial charge on any atom is -0.493 e. The van der Waals surface area contributed by atoms with Gasteiger partial charge in [0.25, 0.3) is 0 Å². The van der Waals surface area contributed by atoms with Crippen molar-refractivity contribution in [1.29, 1.82) is 0 Å². The Labute approximate surface area is 355 Å². The molecule has 308 valence electrons. The Morgan fingerprint density at radius 1 is 0.333 bits per heavy atom. The van der Waals surface area contributed by atoms with Gasteiger partial charge >= 0.3 is 0 Å². The highest BCUT2D eigenvalue weighted by Gasteiger charge is 2.25. The predicted molar refractivity (Wildman–Crippen MR) is 241 cm³/mol. The van der Waals surface area contributed by atoms with Gasteiger partial charge in [0, 0.05) is 36.8 Å². The van der Waals surface area contributed by atoms with Gasteiger partial charge < -0.3 is 18.9 Å². The highest BCUT2D eigenvalue weighted by molar-refractivity contribution is 5.65. The fourth-order valence-corrected chi connectivity index (χ4v) is 7.52. The zero-order chi connectivity index (χ0) is 41.5. The summed E-state index contributed by atoms with van der Waals surface area (Å²) < 4.78 is 27.0. The van der Waals surface area contributed by atoms with Crippen molar-refractivity contribution >= 4 is 22.7 Å². The Bertz CT molecular complexity index is 2230.